The predicted molar refractivity (Wildman–Crippen MR) is 121 cm³/mol. The van der Waals surface area contributed by atoms with Gasteiger partial charge in [0.2, 0.25) is 0 Å². The molecule has 34 heavy (non-hydrogen) atoms. The van der Waals surface area contributed by atoms with Gasteiger partial charge in [0.15, 0.2) is 11.5 Å². The van der Waals surface area contributed by atoms with Gasteiger partial charge in [-0.25, -0.2) is 14.0 Å². The molecule has 2 rings (SSSR count). The summed E-state index contributed by atoms with van der Waals surface area (Å²) in [4.78, 5) is 33.5. The minimum Gasteiger partial charge on any atom is -0.486 e. The summed E-state index contributed by atoms with van der Waals surface area (Å²) in [6.45, 7) is 10.1. The molecule has 0 atom stereocenters. The summed E-state index contributed by atoms with van der Waals surface area (Å²) in [5, 5.41) is 0. The van der Waals surface area contributed by atoms with Crippen LogP contribution in [0.3, 0.4) is 0 Å². The van der Waals surface area contributed by atoms with Gasteiger partial charge >= 0.3 is 11.9 Å². The van der Waals surface area contributed by atoms with Gasteiger partial charge in [-0.1, -0.05) is 25.3 Å². The van der Waals surface area contributed by atoms with E-state index in [4.69, 9.17) is 23.7 Å². The van der Waals surface area contributed by atoms with E-state index >= 15 is 0 Å². The van der Waals surface area contributed by atoms with Gasteiger partial charge in [0.05, 0.1) is 0 Å². The van der Waals surface area contributed by atoms with Crippen LogP contribution in [-0.2, 0) is 23.9 Å². The van der Waals surface area contributed by atoms with Crippen molar-refractivity contribution in [2.75, 3.05) is 26.4 Å². The smallest absolute Gasteiger partial charge is 0.333 e. The van der Waals surface area contributed by atoms with Crippen LogP contribution in [0.4, 0.5) is 4.39 Å². The second-order valence-electron chi connectivity index (χ2n) is 7.05. The third-order valence-corrected chi connectivity index (χ3v) is 4.23. The number of esters is 2. The standard InChI is InChI=1S/C25H25FO8/c1-16(2)24(28)32-11-9-30-22-13-20(18-5-7-19(8-6-18)34-15-27)21(26)14-23(22)31-10-12-33-25(29)17(3)4/h5-8,13-15H,1,3,9-12H2,2,4H3. The van der Waals surface area contributed by atoms with Gasteiger partial charge in [-0.15, -0.1) is 0 Å². The average Bonchev–Trinajstić information content (AvgIpc) is 2.80. The zero-order chi connectivity index (χ0) is 25.1. The second-order valence-corrected chi connectivity index (χ2v) is 7.05. The molecule has 0 spiro atoms. The number of rotatable bonds is 13. The summed E-state index contributed by atoms with van der Waals surface area (Å²) < 4.78 is 40.8. The molecule has 0 N–H and O–H groups in total. The maximum atomic E-state index is 14.9. The topological polar surface area (TPSA) is 97.4 Å². The Balaban J connectivity index is 2.19. The van der Waals surface area contributed by atoms with Crippen LogP contribution in [0, 0.1) is 5.82 Å². The molecule has 2 aromatic rings. The first-order valence-electron chi connectivity index (χ1n) is 10.2. The van der Waals surface area contributed by atoms with E-state index in [9.17, 15) is 18.8 Å². The molecule has 0 aliphatic heterocycles. The minimum absolute atomic E-state index is 0.0305. The summed E-state index contributed by atoms with van der Waals surface area (Å²) in [6.07, 6.45) is 0. The van der Waals surface area contributed by atoms with E-state index in [2.05, 4.69) is 13.2 Å². The number of benzene rings is 2. The van der Waals surface area contributed by atoms with Crippen molar-refractivity contribution in [2.24, 2.45) is 0 Å². The first-order chi connectivity index (χ1) is 16.2. The quantitative estimate of drug-likeness (QED) is 0.187. The Labute approximate surface area is 196 Å². The first-order valence-corrected chi connectivity index (χ1v) is 10.2. The van der Waals surface area contributed by atoms with Crippen LogP contribution in [0.2, 0.25) is 0 Å². The molecule has 0 radical (unpaired) electrons. The monoisotopic (exact) mass is 472 g/mol. The van der Waals surface area contributed by atoms with Gasteiger partial charge in [-0.2, -0.15) is 0 Å². The Morgan fingerprint density at radius 2 is 1.35 bits per heavy atom. The fraction of sp³-hybridized carbons (Fsp3) is 0.240. The van der Waals surface area contributed by atoms with E-state index in [1.165, 1.54) is 32.0 Å². The van der Waals surface area contributed by atoms with Crippen molar-refractivity contribution >= 4 is 18.4 Å². The lowest BCUT2D eigenvalue weighted by atomic mass is 10.0. The molecule has 0 saturated heterocycles. The van der Waals surface area contributed by atoms with Crippen molar-refractivity contribution in [3.05, 3.63) is 66.5 Å². The van der Waals surface area contributed by atoms with Gasteiger partial charge in [0, 0.05) is 22.8 Å². The molecule has 0 aliphatic rings. The maximum Gasteiger partial charge on any atom is 0.333 e. The van der Waals surface area contributed by atoms with Crippen LogP contribution < -0.4 is 14.2 Å². The lowest BCUT2D eigenvalue weighted by Gasteiger charge is -2.16. The highest BCUT2D eigenvalue weighted by atomic mass is 19.1. The van der Waals surface area contributed by atoms with Gasteiger partial charge < -0.3 is 23.7 Å². The lowest BCUT2D eigenvalue weighted by Crippen LogP contribution is -2.14. The molecule has 8 nitrogen and oxygen atoms in total. The Kier molecular flexibility index (Phi) is 9.82. The highest BCUT2D eigenvalue weighted by Crippen LogP contribution is 2.36. The van der Waals surface area contributed by atoms with Gasteiger partial charge in [-0.05, 0) is 37.6 Å². The van der Waals surface area contributed by atoms with Crippen LogP contribution >= 0.6 is 0 Å². The predicted octanol–water partition coefficient (Wildman–Crippen LogP) is 4.02. The molecule has 0 unspecified atom stereocenters. The summed E-state index contributed by atoms with van der Waals surface area (Å²) in [5.41, 5.74) is 1.19. The molecule has 0 saturated carbocycles. The fourth-order valence-corrected chi connectivity index (χ4v) is 2.57. The SMILES string of the molecule is C=C(C)C(=O)OCCOc1cc(F)c(-c2ccc(OC=O)cc2)cc1OCCOC(=O)C(=C)C. The van der Waals surface area contributed by atoms with Crippen LogP contribution in [0.5, 0.6) is 17.2 Å². The van der Waals surface area contributed by atoms with Crippen LogP contribution in [0.1, 0.15) is 13.8 Å². The molecule has 0 aliphatic carbocycles. The molecule has 0 aromatic heterocycles. The number of halogens is 1. The van der Waals surface area contributed by atoms with Gasteiger partial charge in [0.25, 0.3) is 6.47 Å². The van der Waals surface area contributed by atoms with Crippen molar-refractivity contribution in [3.63, 3.8) is 0 Å². The van der Waals surface area contributed by atoms with Crippen LogP contribution in [0.15, 0.2) is 60.7 Å². The molecule has 0 heterocycles. The van der Waals surface area contributed by atoms with E-state index in [0.29, 0.717) is 17.8 Å². The number of hydrogen-bond acceptors (Lipinski definition) is 8. The Morgan fingerprint density at radius 1 is 0.853 bits per heavy atom. The zero-order valence-corrected chi connectivity index (χ0v) is 18.9. The summed E-state index contributed by atoms with van der Waals surface area (Å²) in [6, 6.07) is 8.75. The Bertz CT molecular complexity index is 1060. The average molecular weight is 472 g/mol. The normalized spacial score (nSPS) is 10.1. The molecule has 0 amide bonds. The number of carbonyl (C=O) groups excluding carboxylic acids is 3. The summed E-state index contributed by atoms with van der Waals surface area (Å²) in [5.74, 6) is -1.17. The molecule has 180 valence electrons. The third-order valence-electron chi connectivity index (χ3n) is 4.23. The summed E-state index contributed by atoms with van der Waals surface area (Å²) in [7, 11) is 0. The van der Waals surface area contributed by atoms with E-state index in [-0.39, 0.29) is 54.6 Å². The second kappa shape index (κ2) is 12.8. The third kappa shape index (κ3) is 7.77. The van der Waals surface area contributed by atoms with Gasteiger partial charge in [-0.3, -0.25) is 4.79 Å². The van der Waals surface area contributed by atoms with Crippen molar-refractivity contribution in [3.8, 4) is 28.4 Å². The van der Waals surface area contributed by atoms with Gasteiger partial charge in [0.1, 0.15) is 38.0 Å². The number of ether oxygens (including phenoxy) is 5. The van der Waals surface area contributed by atoms with E-state index < -0.39 is 17.8 Å². The highest BCUT2D eigenvalue weighted by Gasteiger charge is 2.15. The van der Waals surface area contributed by atoms with E-state index in [0.717, 1.165) is 6.07 Å². The zero-order valence-electron chi connectivity index (χ0n) is 18.9. The lowest BCUT2D eigenvalue weighted by molar-refractivity contribution is -0.140. The summed E-state index contributed by atoms with van der Waals surface area (Å²) >= 11 is 0. The van der Waals surface area contributed by atoms with Crippen LogP contribution in [0.25, 0.3) is 11.1 Å². The maximum absolute atomic E-state index is 14.9. The van der Waals surface area contributed by atoms with Crippen LogP contribution in [-0.4, -0.2) is 44.8 Å². The Hall–Kier alpha value is -4.14. The molecular weight excluding hydrogens is 447 g/mol. The first kappa shape index (κ1) is 26.1. The van der Waals surface area contributed by atoms with Crippen molar-refractivity contribution in [1.29, 1.82) is 0 Å². The molecule has 0 bridgehead atoms. The van der Waals surface area contributed by atoms with Crippen molar-refractivity contribution in [1.82, 2.24) is 0 Å². The van der Waals surface area contributed by atoms with E-state index in [1.54, 1.807) is 12.1 Å². The van der Waals surface area contributed by atoms with Crippen molar-refractivity contribution < 1.29 is 42.5 Å². The molecule has 9 heteroatoms. The van der Waals surface area contributed by atoms with E-state index in [1.807, 2.05) is 0 Å². The Morgan fingerprint density at radius 3 is 1.82 bits per heavy atom. The highest BCUT2D eigenvalue weighted by molar-refractivity contribution is 5.87. The molecule has 0 fully saturated rings. The number of carbonyl (C=O) groups is 3. The minimum atomic E-state index is -0.598. The number of hydrogen-bond donors (Lipinski definition) is 0. The molecule has 2 aromatic carbocycles. The fourth-order valence-electron chi connectivity index (χ4n) is 2.57. The van der Waals surface area contributed by atoms with Crippen molar-refractivity contribution in [2.45, 2.75) is 13.8 Å². The largest absolute Gasteiger partial charge is 0.486 e. The molecular formula is C25H25FO8.